The number of aromatic nitrogens is 2. The minimum Gasteiger partial charge on any atom is -0.391 e. The first-order valence-corrected chi connectivity index (χ1v) is 8.98. The van der Waals surface area contributed by atoms with Crippen molar-refractivity contribution in [1.82, 2.24) is 20.4 Å². The second kappa shape index (κ2) is 8.67. The molecule has 6 nitrogen and oxygen atoms in total. The number of nitrogens with one attached hydrogen (secondary N) is 2. The van der Waals surface area contributed by atoms with Gasteiger partial charge in [0.25, 0.3) is 0 Å². The van der Waals surface area contributed by atoms with Crippen molar-refractivity contribution in [3.05, 3.63) is 54.4 Å². The fourth-order valence-corrected chi connectivity index (χ4v) is 3.46. The summed E-state index contributed by atoms with van der Waals surface area (Å²) >= 11 is 0. The summed E-state index contributed by atoms with van der Waals surface area (Å²) in [5.41, 5.74) is 1.06. The van der Waals surface area contributed by atoms with E-state index in [1.54, 1.807) is 6.20 Å². The van der Waals surface area contributed by atoms with Gasteiger partial charge in [-0.15, -0.1) is 0 Å². The van der Waals surface area contributed by atoms with Crippen molar-refractivity contribution >= 4 is 6.03 Å². The Hall–Kier alpha value is -2.34. The second-order valence-corrected chi connectivity index (χ2v) is 6.64. The molecule has 3 atom stereocenters. The number of nitrogens with zero attached hydrogens (tertiary/aromatic N) is 2. The smallest absolute Gasteiger partial charge is 0.315 e. The maximum atomic E-state index is 12.2. The number of carbonyl (C=O) groups excluding carboxylic acids is 1. The molecule has 2 amide bonds. The van der Waals surface area contributed by atoms with Crippen molar-refractivity contribution in [2.24, 2.45) is 0 Å². The summed E-state index contributed by atoms with van der Waals surface area (Å²) in [6.45, 7) is 0.236. The van der Waals surface area contributed by atoms with Crippen LogP contribution in [0.5, 0.6) is 0 Å². The van der Waals surface area contributed by atoms with Crippen molar-refractivity contribution in [2.45, 2.75) is 50.3 Å². The first-order chi connectivity index (χ1) is 12.2. The highest BCUT2D eigenvalue weighted by molar-refractivity contribution is 5.74. The van der Waals surface area contributed by atoms with E-state index >= 15 is 0 Å². The van der Waals surface area contributed by atoms with Crippen molar-refractivity contribution in [1.29, 1.82) is 0 Å². The molecule has 0 spiro atoms. The van der Waals surface area contributed by atoms with Crippen LogP contribution in [0.25, 0.3) is 0 Å². The molecule has 0 radical (unpaired) electrons. The molecule has 0 bridgehead atoms. The molecule has 1 saturated carbocycles. The van der Waals surface area contributed by atoms with E-state index in [2.05, 4.69) is 15.7 Å². The standard InChI is InChI=1S/C19H26N4O2/c24-16(13-15-7-2-1-3-8-15)14-20-19(25)22-17-9-4-5-10-18(17)23-12-6-11-21-23/h1-3,6-8,11-12,16-18,24H,4-5,9-10,13-14H2,(H2,20,22,25)/t16-,17+,18+/m1/s1. The highest BCUT2D eigenvalue weighted by atomic mass is 16.3. The molecule has 1 aliphatic carbocycles. The van der Waals surface area contributed by atoms with Gasteiger partial charge in [-0.3, -0.25) is 4.68 Å². The molecule has 0 saturated heterocycles. The number of benzene rings is 1. The molecule has 1 fully saturated rings. The monoisotopic (exact) mass is 342 g/mol. The van der Waals surface area contributed by atoms with E-state index in [1.807, 2.05) is 47.3 Å². The third-order valence-corrected chi connectivity index (χ3v) is 4.72. The Kier molecular flexibility index (Phi) is 6.06. The summed E-state index contributed by atoms with van der Waals surface area (Å²) in [5, 5.41) is 20.3. The Morgan fingerprint density at radius 3 is 2.80 bits per heavy atom. The van der Waals surface area contributed by atoms with Gasteiger partial charge in [0.1, 0.15) is 0 Å². The average Bonchev–Trinajstić information content (AvgIpc) is 3.16. The van der Waals surface area contributed by atoms with Crippen molar-refractivity contribution < 1.29 is 9.90 Å². The van der Waals surface area contributed by atoms with Gasteiger partial charge in [-0.2, -0.15) is 5.10 Å². The van der Waals surface area contributed by atoms with E-state index in [0.717, 1.165) is 31.2 Å². The van der Waals surface area contributed by atoms with Gasteiger partial charge in [0, 0.05) is 25.4 Å². The zero-order chi connectivity index (χ0) is 17.5. The molecule has 1 aromatic carbocycles. The van der Waals surface area contributed by atoms with Gasteiger partial charge in [-0.1, -0.05) is 43.2 Å². The molecule has 1 aromatic heterocycles. The first kappa shape index (κ1) is 17.5. The Balaban J connectivity index is 1.46. The van der Waals surface area contributed by atoms with Gasteiger partial charge in [0.15, 0.2) is 0 Å². The van der Waals surface area contributed by atoms with Crippen molar-refractivity contribution in [2.75, 3.05) is 6.54 Å². The SMILES string of the molecule is O=C(NC[C@H](O)Cc1ccccc1)N[C@H]1CCCC[C@@H]1n1cccn1. The zero-order valence-electron chi connectivity index (χ0n) is 14.3. The number of aliphatic hydroxyl groups is 1. The minimum absolute atomic E-state index is 0.0694. The first-order valence-electron chi connectivity index (χ1n) is 8.98. The Bertz CT molecular complexity index is 645. The lowest BCUT2D eigenvalue weighted by molar-refractivity contribution is 0.167. The highest BCUT2D eigenvalue weighted by Gasteiger charge is 2.28. The van der Waals surface area contributed by atoms with Crippen LogP contribution >= 0.6 is 0 Å². The van der Waals surface area contributed by atoms with Crippen LogP contribution in [0.2, 0.25) is 0 Å². The minimum atomic E-state index is -0.596. The number of hydrogen-bond donors (Lipinski definition) is 3. The number of hydrogen-bond acceptors (Lipinski definition) is 3. The quantitative estimate of drug-likeness (QED) is 0.753. The summed E-state index contributed by atoms with van der Waals surface area (Å²) in [4.78, 5) is 12.2. The molecule has 134 valence electrons. The molecule has 6 heteroatoms. The molecular weight excluding hydrogens is 316 g/mol. The summed E-state index contributed by atoms with van der Waals surface area (Å²) in [7, 11) is 0. The van der Waals surface area contributed by atoms with Crippen LogP contribution in [0, 0.1) is 0 Å². The van der Waals surface area contributed by atoms with Crippen LogP contribution in [0.15, 0.2) is 48.8 Å². The van der Waals surface area contributed by atoms with Crippen LogP contribution < -0.4 is 10.6 Å². The van der Waals surface area contributed by atoms with Gasteiger partial charge in [-0.25, -0.2) is 4.79 Å². The molecule has 0 unspecified atom stereocenters. The van der Waals surface area contributed by atoms with Crippen LogP contribution in [-0.2, 0) is 6.42 Å². The summed E-state index contributed by atoms with van der Waals surface area (Å²) < 4.78 is 1.94. The van der Waals surface area contributed by atoms with E-state index in [-0.39, 0.29) is 24.7 Å². The van der Waals surface area contributed by atoms with Crippen LogP contribution in [-0.4, -0.2) is 39.6 Å². The van der Waals surface area contributed by atoms with Gasteiger partial charge in [0.2, 0.25) is 0 Å². The third-order valence-electron chi connectivity index (χ3n) is 4.72. The molecule has 1 aliphatic rings. The Morgan fingerprint density at radius 2 is 2.04 bits per heavy atom. The number of amides is 2. The topological polar surface area (TPSA) is 79.2 Å². The third kappa shape index (κ3) is 5.06. The molecule has 3 rings (SSSR count). The van der Waals surface area contributed by atoms with Gasteiger partial charge >= 0.3 is 6.03 Å². The van der Waals surface area contributed by atoms with Gasteiger partial charge in [0.05, 0.1) is 18.2 Å². The summed E-state index contributed by atoms with van der Waals surface area (Å²) in [5.74, 6) is 0. The Morgan fingerprint density at radius 1 is 1.24 bits per heavy atom. The van der Waals surface area contributed by atoms with Gasteiger partial charge in [-0.05, 0) is 24.5 Å². The lowest BCUT2D eigenvalue weighted by Crippen LogP contribution is -2.49. The van der Waals surface area contributed by atoms with E-state index in [1.165, 1.54) is 0 Å². The number of carbonyl (C=O) groups is 1. The zero-order valence-corrected chi connectivity index (χ0v) is 14.3. The highest BCUT2D eigenvalue weighted by Crippen LogP contribution is 2.27. The molecule has 0 aliphatic heterocycles. The van der Waals surface area contributed by atoms with E-state index in [9.17, 15) is 9.90 Å². The maximum Gasteiger partial charge on any atom is 0.315 e. The Labute approximate surface area is 148 Å². The second-order valence-electron chi connectivity index (χ2n) is 6.64. The molecule has 3 N–H and O–H groups in total. The largest absolute Gasteiger partial charge is 0.391 e. The fourth-order valence-electron chi connectivity index (χ4n) is 3.46. The van der Waals surface area contributed by atoms with Gasteiger partial charge < -0.3 is 15.7 Å². The molecule has 25 heavy (non-hydrogen) atoms. The normalized spacial score (nSPS) is 21.5. The van der Waals surface area contributed by atoms with Crippen molar-refractivity contribution in [3.8, 4) is 0 Å². The number of aliphatic hydroxyl groups excluding tert-OH is 1. The lowest BCUT2D eigenvalue weighted by atomic mass is 9.90. The van der Waals surface area contributed by atoms with E-state index in [0.29, 0.717) is 6.42 Å². The number of rotatable bonds is 6. The lowest BCUT2D eigenvalue weighted by Gasteiger charge is -2.32. The molecule has 1 heterocycles. The predicted octanol–water partition coefficient (Wildman–Crippen LogP) is 2.27. The average molecular weight is 342 g/mol. The van der Waals surface area contributed by atoms with Crippen LogP contribution in [0.1, 0.15) is 37.3 Å². The number of urea groups is 1. The fraction of sp³-hybridized carbons (Fsp3) is 0.474. The summed E-state index contributed by atoms with van der Waals surface area (Å²) in [6.07, 6.45) is 7.88. The van der Waals surface area contributed by atoms with Crippen LogP contribution in [0.4, 0.5) is 4.79 Å². The van der Waals surface area contributed by atoms with Crippen LogP contribution in [0.3, 0.4) is 0 Å². The molecular formula is C19H26N4O2. The van der Waals surface area contributed by atoms with Crippen molar-refractivity contribution in [3.63, 3.8) is 0 Å². The van der Waals surface area contributed by atoms with E-state index < -0.39 is 6.10 Å². The van der Waals surface area contributed by atoms with E-state index in [4.69, 9.17) is 0 Å². The molecule has 2 aromatic rings. The summed E-state index contributed by atoms with van der Waals surface area (Å²) in [6, 6.07) is 11.7. The maximum absolute atomic E-state index is 12.2. The predicted molar refractivity (Wildman–Crippen MR) is 96.2 cm³/mol.